The van der Waals surface area contributed by atoms with Crippen LogP contribution in [-0.2, 0) is 16.9 Å². The topological polar surface area (TPSA) is 102 Å². The van der Waals surface area contributed by atoms with Crippen molar-refractivity contribution in [3.8, 4) is 45.5 Å². The van der Waals surface area contributed by atoms with E-state index < -0.39 is 28.4 Å². The molecule has 0 fully saturated rings. The maximum Gasteiger partial charge on any atom is 0.434 e. The number of benzene rings is 3. The van der Waals surface area contributed by atoms with Gasteiger partial charge in [0.2, 0.25) is 0 Å². The number of oxazole rings is 1. The number of rotatable bonds is 5. The van der Waals surface area contributed by atoms with Gasteiger partial charge in [0.15, 0.2) is 28.0 Å². The first-order valence-electron chi connectivity index (χ1n) is 11.7. The summed E-state index contributed by atoms with van der Waals surface area (Å²) in [6.45, 7) is 3.00. The van der Waals surface area contributed by atoms with Gasteiger partial charge in [-0.25, -0.2) is 22.8 Å². The molecule has 0 bridgehead atoms. The van der Waals surface area contributed by atoms with E-state index in [9.17, 15) is 31.2 Å². The Bertz CT molecular complexity index is 1890. The predicted molar refractivity (Wildman–Crippen MR) is 138 cm³/mol. The Labute approximate surface area is 226 Å². The second-order valence-corrected chi connectivity index (χ2v) is 9.83. The number of nitrogens with zero attached hydrogens (tertiary/aromatic N) is 4. The molecule has 0 radical (unpaired) electrons. The van der Waals surface area contributed by atoms with E-state index in [1.54, 1.807) is 43.3 Å². The van der Waals surface area contributed by atoms with Crippen molar-refractivity contribution in [2.45, 2.75) is 24.9 Å². The minimum Gasteiger partial charge on any atom is -0.440 e. The Morgan fingerprint density at radius 2 is 1.68 bits per heavy atom. The normalized spacial score (nSPS) is 11.7. The second kappa shape index (κ2) is 10.1. The van der Waals surface area contributed by atoms with Crippen molar-refractivity contribution < 1.29 is 30.4 Å². The van der Waals surface area contributed by atoms with E-state index in [-0.39, 0.29) is 39.3 Å². The zero-order valence-corrected chi connectivity index (χ0v) is 21.7. The van der Waals surface area contributed by atoms with Crippen LogP contribution in [0, 0.1) is 31.0 Å². The molecule has 0 saturated heterocycles. The van der Waals surface area contributed by atoms with Crippen molar-refractivity contribution in [1.82, 2.24) is 14.5 Å². The lowest BCUT2D eigenvalue weighted by Gasteiger charge is -2.14. The van der Waals surface area contributed by atoms with Crippen LogP contribution in [0.5, 0.6) is 0 Å². The number of hydrogen-bond donors (Lipinski definition) is 1. The van der Waals surface area contributed by atoms with Gasteiger partial charge in [0.25, 0.3) is 0 Å². The number of aryl methyl sites for hydroxylation is 2. The van der Waals surface area contributed by atoms with Crippen LogP contribution in [0.15, 0.2) is 76.2 Å². The van der Waals surface area contributed by atoms with Crippen molar-refractivity contribution in [3.63, 3.8) is 0 Å². The van der Waals surface area contributed by atoms with Crippen LogP contribution in [0.25, 0.3) is 39.4 Å². The summed E-state index contributed by atoms with van der Waals surface area (Å²) >= 11 is 0. The minimum absolute atomic E-state index is 0.0574. The van der Waals surface area contributed by atoms with Gasteiger partial charge in [0.05, 0.1) is 16.1 Å². The Kier molecular flexibility index (Phi) is 6.77. The number of nitriles is 1. The lowest BCUT2D eigenvalue weighted by molar-refractivity contribution is -0.141. The Morgan fingerprint density at radius 1 is 0.950 bits per heavy atom. The van der Waals surface area contributed by atoms with Gasteiger partial charge >= 0.3 is 6.18 Å². The molecule has 2 heterocycles. The monoisotopic (exact) mass is 566 g/mol. The molecular formula is C28H18F4N4O3S. The van der Waals surface area contributed by atoms with Gasteiger partial charge in [-0.1, -0.05) is 18.2 Å². The van der Waals surface area contributed by atoms with Crippen LogP contribution in [0.1, 0.15) is 23.0 Å². The first kappa shape index (κ1) is 26.8. The van der Waals surface area contributed by atoms with Crippen molar-refractivity contribution in [2.24, 2.45) is 0 Å². The van der Waals surface area contributed by atoms with Crippen LogP contribution in [0.3, 0.4) is 0 Å². The van der Waals surface area contributed by atoms with Crippen LogP contribution >= 0.6 is 0 Å². The number of alkyl halides is 3. The molecule has 0 aliphatic heterocycles. The van der Waals surface area contributed by atoms with E-state index in [0.717, 1.165) is 12.3 Å². The molecule has 0 amide bonds. The summed E-state index contributed by atoms with van der Waals surface area (Å²) in [5.74, 6) is -0.288. The van der Waals surface area contributed by atoms with E-state index in [0.29, 0.717) is 22.3 Å². The molecule has 0 spiro atoms. The molecule has 0 unspecified atom stereocenters. The van der Waals surface area contributed by atoms with Crippen molar-refractivity contribution >= 4 is 10.7 Å². The molecule has 202 valence electrons. The van der Waals surface area contributed by atoms with Crippen LogP contribution < -0.4 is 0 Å². The summed E-state index contributed by atoms with van der Waals surface area (Å²) in [5.41, 5.74) is 0.945. The highest BCUT2D eigenvalue weighted by Gasteiger charge is 2.35. The fourth-order valence-electron chi connectivity index (χ4n) is 4.33. The predicted octanol–water partition coefficient (Wildman–Crippen LogP) is 6.48. The molecule has 0 N–H and O–H groups in total. The van der Waals surface area contributed by atoms with Crippen LogP contribution in [0.2, 0.25) is 0 Å². The van der Waals surface area contributed by atoms with E-state index in [1.165, 1.54) is 35.8 Å². The average Bonchev–Trinajstić information content (AvgIpc) is 3.51. The molecule has 12 heteroatoms. The van der Waals surface area contributed by atoms with E-state index in [4.69, 9.17) is 4.42 Å². The summed E-state index contributed by atoms with van der Waals surface area (Å²) in [6, 6.07) is 16.6. The molecule has 5 aromatic rings. The highest BCUT2D eigenvalue weighted by Crippen LogP contribution is 2.40. The van der Waals surface area contributed by atoms with Crippen molar-refractivity contribution in [1.29, 1.82) is 5.26 Å². The number of halogens is 4. The molecular weight excluding hydrogens is 548 g/mol. The van der Waals surface area contributed by atoms with Gasteiger partial charge in [0.1, 0.15) is 23.4 Å². The molecule has 0 saturated carbocycles. The molecule has 0 aliphatic carbocycles. The summed E-state index contributed by atoms with van der Waals surface area (Å²) in [4.78, 5) is 8.25. The molecule has 5 rings (SSSR count). The highest BCUT2D eigenvalue weighted by atomic mass is 32.2. The standard InChI is InChI=1S/C28H18F4N4O3S/c1-15-34-25(28(30,31)32)14-36(15)24-9-7-18(17-4-3-5-21(11-17)40(37)38)12-22(24)26-27(39-16(2)35-26)19-6-8-23(29)20(10-19)13-33/h3-12,14,40H,1-2H3. The Morgan fingerprint density at radius 3 is 2.35 bits per heavy atom. The first-order chi connectivity index (χ1) is 19.0. The highest BCUT2D eigenvalue weighted by molar-refractivity contribution is 7.72. The Hall–Kier alpha value is -4.76. The van der Waals surface area contributed by atoms with Crippen molar-refractivity contribution in [2.75, 3.05) is 0 Å². The zero-order chi connectivity index (χ0) is 28.8. The van der Waals surface area contributed by atoms with E-state index in [1.807, 2.05) is 0 Å². The minimum atomic E-state index is -4.68. The van der Waals surface area contributed by atoms with Gasteiger partial charge in [0, 0.05) is 24.2 Å². The molecule has 7 nitrogen and oxygen atoms in total. The van der Waals surface area contributed by atoms with Gasteiger partial charge in [-0.05, 0) is 60.5 Å². The summed E-state index contributed by atoms with van der Waals surface area (Å²) in [5, 5.41) is 9.31. The van der Waals surface area contributed by atoms with Gasteiger partial charge < -0.3 is 8.98 Å². The largest absolute Gasteiger partial charge is 0.440 e. The number of imidazole rings is 1. The summed E-state index contributed by atoms with van der Waals surface area (Å²) < 4.78 is 84.8. The third-order valence-electron chi connectivity index (χ3n) is 6.16. The van der Waals surface area contributed by atoms with Gasteiger partial charge in [-0.2, -0.15) is 18.4 Å². The maximum atomic E-state index is 14.1. The lowest BCUT2D eigenvalue weighted by atomic mass is 9.97. The van der Waals surface area contributed by atoms with E-state index in [2.05, 4.69) is 9.97 Å². The molecule has 2 aromatic heterocycles. The zero-order valence-electron chi connectivity index (χ0n) is 20.8. The van der Waals surface area contributed by atoms with Gasteiger partial charge in [-0.3, -0.25) is 0 Å². The van der Waals surface area contributed by atoms with Crippen molar-refractivity contribution in [3.05, 3.63) is 95.7 Å². The molecule has 40 heavy (non-hydrogen) atoms. The lowest BCUT2D eigenvalue weighted by Crippen LogP contribution is -2.05. The fourth-order valence-corrected chi connectivity index (χ4v) is 4.78. The smallest absolute Gasteiger partial charge is 0.434 e. The SMILES string of the molecule is Cc1nc(-c2cc(-c3cccc([SH](=O)=O)c3)ccc2-n2cc(C(F)(F)F)nc2C)c(-c2ccc(F)c(C#N)c2)o1. The quantitative estimate of drug-likeness (QED) is 0.193. The fraction of sp³-hybridized carbons (Fsp3) is 0.107. The third-order valence-corrected chi connectivity index (χ3v) is 6.86. The van der Waals surface area contributed by atoms with Crippen LogP contribution in [0.4, 0.5) is 17.6 Å². The molecule has 0 atom stereocenters. The molecule has 3 aromatic carbocycles. The Balaban J connectivity index is 1.79. The third kappa shape index (κ3) is 4.99. The first-order valence-corrected chi connectivity index (χ1v) is 12.8. The maximum absolute atomic E-state index is 14.1. The molecule has 0 aliphatic rings. The van der Waals surface area contributed by atoms with Crippen LogP contribution in [-0.4, -0.2) is 23.0 Å². The number of hydrogen-bond acceptors (Lipinski definition) is 6. The second-order valence-electron chi connectivity index (χ2n) is 8.80. The number of aromatic nitrogens is 3. The average molecular weight is 567 g/mol. The van der Waals surface area contributed by atoms with E-state index >= 15 is 0 Å². The number of thiol groups is 1. The summed E-state index contributed by atoms with van der Waals surface area (Å²) in [6.07, 6.45) is -3.81. The summed E-state index contributed by atoms with van der Waals surface area (Å²) in [7, 11) is -2.85. The van der Waals surface area contributed by atoms with Gasteiger partial charge in [-0.15, -0.1) is 0 Å².